The topological polar surface area (TPSA) is 125 Å². The van der Waals surface area contributed by atoms with Crippen molar-refractivity contribution >= 4 is 11.9 Å². The van der Waals surface area contributed by atoms with Gasteiger partial charge in [-0.1, -0.05) is 0 Å². The van der Waals surface area contributed by atoms with E-state index in [1.807, 2.05) is 0 Å². The molecule has 0 aliphatic heterocycles. The third-order valence-electron chi connectivity index (χ3n) is 0.913. The monoisotopic (exact) mass is 160 g/mol. The van der Waals surface area contributed by atoms with Gasteiger partial charge in [-0.15, -0.1) is 0 Å². The average molecular weight is 160 g/mol. The van der Waals surface area contributed by atoms with Crippen LogP contribution < -0.4 is 11.5 Å². The molecule has 0 spiro atoms. The molecule has 7 heteroatoms. The van der Waals surface area contributed by atoms with Gasteiger partial charge in [-0.3, -0.25) is 14.9 Å². The zero-order chi connectivity index (χ0) is 9.02. The Hall–Kier alpha value is -1.66. The molecular weight excluding hydrogens is 152 g/mol. The standard InChI is InChI=1S/C4H8N4O3/c1-2(8(10)11)3(9)7-4(5)6/h2H,1H3,(H4,5,6,7,9). The summed E-state index contributed by atoms with van der Waals surface area (Å²) in [6, 6.07) is -1.39. The maximum atomic E-state index is 10.6. The fourth-order valence-corrected chi connectivity index (χ4v) is 0.311. The minimum Gasteiger partial charge on any atom is -0.370 e. The molecule has 11 heavy (non-hydrogen) atoms. The van der Waals surface area contributed by atoms with Gasteiger partial charge in [0.25, 0.3) is 6.04 Å². The van der Waals surface area contributed by atoms with Crippen molar-refractivity contribution in [2.24, 2.45) is 16.5 Å². The summed E-state index contributed by atoms with van der Waals surface area (Å²) in [6.07, 6.45) is 0. The highest BCUT2D eigenvalue weighted by molar-refractivity contribution is 5.93. The lowest BCUT2D eigenvalue weighted by Crippen LogP contribution is -2.30. The van der Waals surface area contributed by atoms with Crippen LogP contribution in [-0.4, -0.2) is 22.8 Å². The van der Waals surface area contributed by atoms with E-state index in [1.54, 1.807) is 0 Å². The van der Waals surface area contributed by atoms with Crippen molar-refractivity contribution in [1.82, 2.24) is 0 Å². The SMILES string of the molecule is CC(C(=O)N=C(N)N)[N+](=O)[O-]. The number of nitrogens with zero attached hydrogens (tertiary/aromatic N) is 2. The average Bonchev–Trinajstić information content (AvgIpc) is 1.84. The summed E-state index contributed by atoms with van der Waals surface area (Å²) in [5, 5.41) is 9.96. The van der Waals surface area contributed by atoms with Crippen molar-refractivity contribution < 1.29 is 9.72 Å². The number of aliphatic imine (C=N–C) groups is 1. The Labute approximate surface area is 62.2 Å². The van der Waals surface area contributed by atoms with Gasteiger partial charge in [-0.25, -0.2) is 0 Å². The predicted molar refractivity (Wildman–Crippen MR) is 37.3 cm³/mol. The highest BCUT2D eigenvalue weighted by Crippen LogP contribution is 1.90. The molecule has 0 aliphatic rings. The highest BCUT2D eigenvalue weighted by atomic mass is 16.6. The van der Waals surface area contributed by atoms with Gasteiger partial charge >= 0.3 is 5.91 Å². The first-order chi connectivity index (χ1) is 4.95. The minimum atomic E-state index is -1.39. The Morgan fingerprint density at radius 3 is 2.36 bits per heavy atom. The zero-order valence-electron chi connectivity index (χ0n) is 5.85. The van der Waals surface area contributed by atoms with Gasteiger partial charge in [0.1, 0.15) is 0 Å². The predicted octanol–water partition coefficient (Wildman–Crippen LogP) is -1.55. The van der Waals surface area contributed by atoms with Crippen molar-refractivity contribution in [2.45, 2.75) is 13.0 Å². The summed E-state index contributed by atoms with van der Waals surface area (Å²) in [4.78, 5) is 22.8. The van der Waals surface area contributed by atoms with Crippen LogP contribution in [0.2, 0.25) is 0 Å². The quantitative estimate of drug-likeness (QED) is 0.219. The van der Waals surface area contributed by atoms with Crippen LogP contribution in [0.15, 0.2) is 4.99 Å². The summed E-state index contributed by atoms with van der Waals surface area (Å²) in [5.74, 6) is -1.42. The van der Waals surface area contributed by atoms with Crippen LogP contribution in [0.1, 0.15) is 6.92 Å². The van der Waals surface area contributed by atoms with Crippen molar-refractivity contribution in [3.05, 3.63) is 10.1 Å². The summed E-state index contributed by atoms with van der Waals surface area (Å²) < 4.78 is 0. The van der Waals surface area contributed by atoms with Crippen LogP contribution in [0.5, 0.6) is 0 Å². The van der Waals surface area contributed by atoms with E-state index in [0.29, 0.717) is 0 Å². The molecule has 1 amide bonds. The van der Waals surface area contributed by atoms with Crippen LogP contribution in [0.3, 0.4) is 0 Å². The summed E-state index contributed by atoms with van der Waals surface area (Å²) >= 11 is 0. The van der Waals surface area contributed by atoms with Crippen LogP contribution in [0.4, 0.5) is 0 Å². The molecule has 0 aromatic carbocycles. The number of carbonyl (C=O) groups excluding carboxylic acids is 1. The van der Waals surface area contributed by atoms with Crippen LogP contribution in [0, 0.1) is 10.1 Å². The normalized spacial score (nSPS) is 11.7. The van der Waals surface area contributed by atoms with Gasteiger partial charge in [-0.2, -0.15) is 4.99 Å². The molecule has 7 nitrogen and oxygen atoms in total. The molecule has 0 heterocycles. The maximum Gasteiger partial charge on any atom is 0.323 e. The van der Waals surface area contributed by atoms with E-state index in [2.05, 4.69) is 4.99 Å². The molecule has 1 atom stereocenters. The van der Waals surface area contributed by atoms with E-state index in [1.165, 1.54) is 0 Å². The van der Waals surface area contributed by atoms with Gasteiger partial charge in [0.2, 0.25) is 0 Å². The third kappa shape index (κ3) is 3.14. The molecule has 0 fully saturated rings. The van der Waals surface area contributed by atoms with Crippen molar-refractivity contribution in [3.8, 4) is 0 Å². The molecule has 4 N–H and O–H groups in total. The van der Waals surface area contributed by atoms with Gasteiger partial charge in [0.15, 0.2) is 5.96 Å². The highest BCUT2D eigenvalue weighted by Gasteiger charge is 2.22. The largest absolute Gasteiger partial charge is 0.370 e. The van der Waals surface area contributed by atoms with E-state index >= 15 is 0 Å². The number of rotatable bonds is 2. The lowest BCUT2D eigenvalue weighted by Gasteiger charge is -1.96. The molecule has 0 aromatic rings. The Morgan fingerprint density at radius 1 is 1.64 bits per heavy atom. The van der Waals surface area contributed by atoms with Crippen LogP contribution in [-0.2, 0) is 4.79 Å². The molecule has 0 saturated heterocycles. The van der Waals surface area contributed by atoms with Crippen LogP contribution >= 0.6 is 0 Å². The molecule has 1 unspecified atom stereocenters. The summed E-state index contributed by atoms with van der Waals surface area (Å²) in [5.41, 5.74) is 9.63. The second-order valence-electron chi connectivity index (χ2n) is 1.84. The van der Waals surface area contributed by atoms with Crippen molar-refractivity contribution in [3.63, 3.8) is 0 Å². The Kier molecular flexibility index (Phi) is 2.97. The van der Waals surface area contributed by atoms with E-state index in [0.717, 1.165) is 6.92 Å². The van der Waals surface area contributed by atoms with Gasteiger partial charge in [0.05, 0.1) is 0 Å². The Balaban J connectivity index is 4.27. The molecule has 0 rings (SSSR count). The maximum absolute atomic E-state index is 10.6. The fraction of sp³-hybridized carbons (Fsp3) is 0.500. The first-order valence-electron chi connectivity index (χ1n) is 2.72. The first-order valence-corrected chi connectivity index (χ1v) is 2.72. The van der Waals surface area contributed by atoms with E-state index < -0.39 is 22.8 Å². The number of amides is 1. The number of nitrogens with two attached hydrogens (primary N) is 2. The second kappa shape index (κ2) is 3.49. The fourth-order valence-electron chi connectivity index (χ4n) is 0.311. The molecule has 0 aliphatic carbocycles. The minimum absolute atomic E-state index is 0.469. The molecule has 0 aromatic heterocycles. The number of guanidine groups is 1. The molecule has 62 valence electrons. The van der Waals surface area contributed by atoms with Crippen molar-refractivity contribution in [1.29, 1.82) is 0 Å². The molecule has 0 bridgehead atoms. The van der Waals surface area contributed by atoms with Crippen molar-refractivity contribution in [2.75, 3.05) is 0 Å². The third-order valence-corrected chi connectivity index (χ3v) is 0.913. The molecular formula is C4H8N4O3. The zero-order valence-corrected chi connectivity index (χ0v) is 5.85. The molecule has 0 saturated carbocycles. The van der Waals surface area contributed by atoms with Crippen LogP contribution in [0.25, 0.3) is 0 Å². The summed E-state index contributed by atoms with van der Waals surface area (Å²) in [6.45, 7) is 1.11. The second-order valence-corrected chi connectivity index (χ2v) is 1.84. The smallest absolute Gasteiger partial charge is 0.323 e. The van der Waals surface area contributed by atoms with E-state index in [4.69, 9.17) is 11.5 Å². The molecule has 0 radical (unpaired) electrons. The number of nitro groups is 1. The van der Waals surface area contributed by atoms with E-state index in [-0.39, 0.29) is 0 Å². The number of hydrogen-bond donors (Lipinski definition) is 2. The first kappa shape index (κ1) is 9.34. The number of hydrogen-bond acceptors (Lipinski definition) is 3. The lowest BCUT2D eigenvalue weighted by molar-refractivity contribution is -0.503. The Bertz CT molecular complexity index is 207. The number of carbonyl (C=O) groups is 1. The lowest BCUT2D eigenvalue weighted by atomic mass is 10.3. The van der Waals surface area contributed by atoms with Gasteiger partial charge in [0, 0.05) is 11.8 Å². The summed E-state index contributed by atoms with van der Waals surface area (Å²) in [7, 11) is 0. The van der Waals surface area contributed by atoms with E-state index in [9.17, 15) is 14.9 Å². The van der Waals surface area contributed by atoms with Gasteiger partial charge < -0.3 is 11.5 Å². The van der Waals surface area contributed by atoms with Gasteiger partial charge in [-0.05, 0) is 0 Å². The Morgan fingerprint density at radius 2 is 2.09 bits per heavy atom.